The molecule has 1 aromatic heterocycles. The van der Waals surface area contributed by atoms with Crippen LogP contribution in [0.5, 0.6) is 0 Å². The quantitative estimate of drug-likeness (QED) is 0.311. The minimum atomic E-state index is -0.839. The highest BCUT2D eigenvalue weighted by molar-refractivity contribution is 6.02. The van der Waals surface area contributed by atoms with Crippen molar-refractivity contribution in [2.75, 3.05) is 18.0 Å². The van der Waals surface area contributed by atoms with Gasteiger partial charge in [0.05, 0.1) is 17.5 Å². The molecule has 0 atom stereocenters. The number of anilines is 1. The zero-order valence-corrected chi connectivity index (χ0v) is 11.0. The average Bonchev–Trinajstić information content (AvgIpc) is 2.34. The predicted molar refractivity (Wildman–Crippen MR) is 70.9 cm³/mol. The molecule has 0 aliphatic heterocycles. The summed E-state index contributed by atoms with van der Waals surface area (Å²) in [5, 5.41) is 21.7. The third kappa shape index (κ3) is 3.59. The molecular formula is C12H20N4O2. The van der Waals surface area contributed by atoms with E-state index in [0.29, 0.717) is 18.7 Å². The predicted octanol–water partition coefficient (Wildman–Crippen LogP) is 0.773. The molecule has 6 heteroatoms. The van der Waals surface area contributed by atoms with E-state index in [2.05, 4.69) is 10.1 Å². The number of nitrogens with zero attached hydrogens (tertiary/aromatic N) is 3. The van der Waals surface area contributed by atoms with Crippen molar-refractivity contribution in [2.45, 2.75) is 26.4 Å². The highest BCUT2D eigenvalue weighted by atomic mass is 16.4. The summed E-state index contributed by atoms with van der Waals surface area (Å²) in [6, 6.07) is 1.68. The lowest BCUT2D eigenvalue weighted by Gasteiger charge is -2.30. The molecule has 0 fully saturated rings. The van der Waals surface area contributed by atoms with Gasteiger partial charge in [-0.1, -0.05) is 5.16 Å². The number of rotatable bonds is 5. The second-order valence-corrected chi connectivity index (χ2v) is 4.70. The smallest absolute Gasteiger partial charge is 0.172 e. The monoisotopic (exact) mass is 252 g/mol. The van der Waals surface area contributed by atoms with Crippen molar-refractivity contribution >= 4 is 11.5 Å². The molecule has 0 saturated carbocycles. The number of amidine groups is 1. The van der Waals surface area contributed by atoms with Gasteiger partial charge in [0, 0.05) is 24.8 Å². The molecule has 0 bridgehead atoms. The zero-order chi connectivity index (χ0) is 13.8. The fourth-order valence-electron chi connectivity index (χ4n) is 1.74. The summed E-state index contributed by atoms with van der Waals surface area (Å²) in [5.41, 5.74) is 6.12. The van der Waals surface area contributed by atoms with Crippen LogP contribution in [-0.4, -0.2) is 39.8 Å². The summed E-state index contributed by atoms with van der Waals surface area (Å²) in [7, 11) is 0. The Hall–Kier alpha value is -1.82. The van der Waals surface area contributed by atoms with E-state index in [0.717, 1.165) is 5.69 Å². The Morgan fingerprint density at radius 1 is 1.56 bits per heavy atom. The van der Waals surface area contributed by atoms with Crippen molar-refractivity contribution in [3.05, 3.63) is 24.0 Å². The van der Waals surface area contributed by atoms with Crippen LogP contribution < -0.4 is 10.6 Å². The Bertz CT molecular complexity index is 426. The Balaban J connectivity index is 3.14. The van der Waals surface area contributed by atoms with Gasteiger partial charge in [-0.05, 0) is 26.8 Å². The Kier molecular flexibility index (Phi) is 4.49. The van der Waals surface area contributed by atoms with Gasteiger partial charge in [0.2, 0.25) is 0 Å². The van der Waals surface area contributed by atoms with Crippen LogP contribution in [0.4, 0.5) is 5.69 Å². The van der Waals surface area contributed by atoms with Gasteiger partial charge in [-0.2, -0.15) is 0 Å². The van der Waals surface area contributed by atoms with Gasteiger partial charge in [-0.15, -0.1) is 0 Å². The van der Waals surface area contributed by atoms with E-state index >= 15 is 0 Å². The first-order valence-electron chi connectivity index (χ1n) is 5.78. The van der Waals surface area contributed by atoms with E-state index in [9.17, 15) is 5.11 Å². The first-order chi connectivity index (χ1) is 8.39. The Morgan fingerprint density at radius 2 is 2.22 bits per heavy atom. The molecule has 4 N–H and O–H groups in total. The van der Waals surface area contributed by atoms with Crippen LogP contribution >= 0.6 is 0 Å². The standard InChI is InChI=1S/C12H20N4O2/c1-4-16(8-12(2,3)17)10-7-14-6-5-9(10)11(13)15-18/h5-7,17-18H,4,8H2,1-3H3,(H2,13,15). The number of aromatic nitrogens is 1. The number of aliphatic hydroxyl groups is 1. The molecule has 0 aliphatic carbocycles. The zero-order valence-electron chi connectivity index (χ0n) is 11.0. The van der Waals surface area contributed by atoms with Crippen LogP contribution in [0.15, 0.2) is 23.6 Å². The lowest BCUT2D eigenvalue weighted by Crippen LogP contribution is -2.39. The van der Waals surface area contributed by atoms with Crippen LogP contribution in [0.1, 0.15) is 26.3 Å². The van der Waals surface area contributed by atoms with E-state index in [1.54, 1.807) is 32.3 Å². The first kappa shape index (κ1) is 14.2. The summed E-state index contributed by atoms with van der Waals surface area (Å²) in [5.74, 6) is 0.0293. The van der Waals surface area contributed by atoms with Crippen molar-refractivity contribution in [3.63, 3.8) is 0 Å². The molecule has 1 heterocycles. The van der Waals surface area contributed by atoms with Crippen molar-refractivity contribution in [1.82, 2.24) is 4.98 Å². The number of pyridine rings is 1. The molecule has 1 aromatic rings. The van der Waals surface area contributed by atoms with Gasteiger partial charge in [0.15, 0.2) is 5.84 Å². The minimum Gasteiger partial charge on any atom is -0.409 e. The summed E-state index contributed by atoms with van der Waals surface area (Å²) in [6.45, 7) is 6.54. The maximum atomic E-state index is 9.89. The largest absolute Gasteiger partial charge is 0.409 e. The van der Waals surface area contributed by atoms with Crippen LogP contribution in [0.3, 0.4) is 0 Å². The SMILES string of the molecule is CCN(CC(C)(C)O)c1cnccc1/C(N)=N/O. The van der Waals surface area contributed by atoms with E-state index in [1.807, 2.05) is 11.8 Å². The van der Waals surface area contributed by atoms with E-state index in [4.69, 9.17) is 10.9 Å². The maximum absolute atomic E-state index is 9.89. The van der Waals surface area contributed by atoms with Crippen molar-refractivity contribution in [3.8, 4) is 0 Å². The number of oxime groups is 1. The van der Waals surface area contributed by atoms with Gasteiger partial charge < -0.3 is 20.9 Å². The molecule has 0 radical (unpaired) electrons. The number of nitrogens with two attached hydrogens (primary N) is 1. The highest BCUT2D eigenvalue weighted by Gasteiger charge is 2.20. The van der Waals surface area contributed by atoms with Crippen molar-refractivity contribution in [2.24, 2.45) is 10.9 Å². The highest BCUT2D eigenvalue weighted by Crippen LogP contribution is 2.21. The first-order valence-corrected chi connectivity index (χ1v) is 5.78. The summed E-state index contributed by atoms with van der Waals surface area (Å²) in [4.78, 5) is 5.98. The van der Waals surface area contributed by atoms with Gasteiger partial charge in [-0.3, -0.25) is 4.98 Å². The second-order valence-electron chi connectivity index (χ2n) is 4.70. The molecule has 0 spiro atoms. The van der Waals surface area contributed by atoms with Gasteiger partial charge in [-0.25, -0.2) is 0 Å². The molecule has 100 valence electrons. The number of hydrogen-bond acceptors (Lipinski definition) is 5. The number of hydrogen-bond donors (Lipinski definition) is 3. The minimum absolute atomic E-state index is 0.0293. The third-order valence-electron chi connectivity index (χ3n) is 2.48. The fraction of sp³-hybridized carbons (Fsp3) is 0.500. The van der Waals surface area contributed by atoms with Crippen molar-refractivity contribution < 1.29 is 10.3 Å². The van der Waals surface area contributed by atoms with Crippen LogP contribution in [-0.2, 0) is 0 Å². The molecule has 0 unspecified atom stereocenters. The second kappa shape index (κ2) is 5.68. The summed E-state index contributed by atoms with van der Waals surface area (Å²) < 4.78 is 0. The molecular weight excluding hydrogens is 232 g/mol. The molecule has 0 amide bonds. The Morgan fingerprint density at radius 3 is 2.72 bits per heavy atom. The molecule has 6 nitrogen and oxygen atoms in total. The van der Waals surface area contributed by atoms with Crippen LogP contribution in [0.25, 0.3) is 0 Å². The van der Waals surface area contributed by atoms with Crippen LogP contribution in [0.2, 0.25) is 0 Å². The van der Waals surface area contributed by atoms with Gasteiger partial charge >= 0.3 is 0 Å². The molecule has 0 saturated heterocycles. The number of likely N-dealkylation sites (N-methyl/N-ethyl adjacent to an activating group) is 1. The van der Waals surface area contributed by atoms with Crippen molar-refractivity contribution in [1.29, 1.82) is 0 Å². The van der Waals surface area contributed by atoms with Gasteiger partial charge in [0.1, 0.15) is 0 Å². The topological polar surface area (TPSA) is 95.0 Å². The molecule has 0 aliphatic rings. The molecule has 0 aromatic carbocycles. The molecule has 18 heavy (non-hydrogen) atoms. The molecule has 1 rings (SSSR count). The Labute approximate surface area is 107 Å². The average molecular weight is 252 g/mol. The van der Waals surface area contributed by atoms with E-state index < -0.39 is 5.60 Å². The summed E-state index contributed by atoms with van der Waals surface area (Å²) >= 11 is 0. The summed E-state index contributed by atoms with van der Waals surface area (Å²) in [6.07, 6.45) is 3.22. The van der Waals surface area contributed by atoms with E-state index in [1.165, 1.54) is 0 Å². The van der Waals surface area contributed by atoms with E-state index in [-0.39, 0.29) is 5.84 Å². The van der Waals surface area contributed by atoms with Crippen LogP contribution in [0, 0.1) is 0 Å². The third-order valence-corrected chi connectivity index (χ3v) is 2.48. The fourth-order valence-corrected chi connectivity index (χ4v) is 1.74. The lowest BCUT2D eigenvalue weighted by molar-refractivity contribution is 0.0876. The van der Waals surface area contributed by atoms with Gasteiger partial charge in [0.25, 0.3) is 0 Å². The maximum Gasteiger partial charge on any atom is 0.172 e. The normalized spacial score (nSPS) is 12.6. The lowest BCUT2D eigenvalue weighted by atomic mass is 10.1.